The molecule has 1 aliphatic carbocycles. The van der Waals surface area contributed by atoms with Crippen LogP contribution in [0.15, 0.2) is 12.2 Å². The fourth-order valence-electron chi connectivity index (χ4n) is 1.46. The molecule has 3 heteroatoms. The van der Waals surface area contributed by atoms with E-state index in [0.29, 0.717) is 0 Å². The van der Waals surface area contributed by atoms with Crippen molar-refractivity contribution in [3.05, 3.63) is 12.2 Å². The Labute approximate surface area is 78.4 Å². The van der Waals surface area contributed by atoms with Crippen LogP contribution in [0.2, 0.25) is 0 Å². The van der Waals surface area contributed by atoms with E-state index in [0.717, 1.165) is 25.7 Å². The van der Waals surface area contributed by atoms with E-state index >= 15 is 0 Å². The maximum absolute atomic E-state index is 10.7. The highest BCUT2D eigenvalue weighted by molar-refractivity contribution is 5.66. The molecule has 2 unspecified atom stereocenters. The summed E-state index contributed by atoms with van der Waals surface area (Å²) in [5.74, 6) is -0.260. The van der Waals surface area contributed by atoms with Gasteiger partial charge in [-0.2, -0.15) is 0 Å². The molecule has 74 valence electrons. The zero-order chi connectivity index (χ0) is 9.68. The molecule has 0 aromatic carbocycles. The van der Waals surface area contributed by atoms with Crippen LogP contribution in [0.3, 0.4) is 0 Å². The van der Waals surface area contributed by atoms with Crippen LogP contribution in [-0.4, -0.2) is 23.3 Å². The van der Waals surface area contributed by atoms with E-state index in [1.807, 2.05) is 0 Å². The van der Waals surface area contributed by atoms with Crippen molar-refractivity contribution in [3.63, 3.8) is 0 Å². The second-order valence-corrected chi connectivity index (χ2v) is 3.38. The number of hydrogen-bond acceptors (Lipinski definition) is 3. The Morgan fingerprint density at radius 2 is 2.08 bits per heavy atom. The van der Waals surface area contributed by atoms with Gasteiger partial charge in [-0.15, -0.1) is 0 Å². The van der Waals surface area contributed by atoms with E-state index in [1.54, 1.807) is 12.2 Å². The zero-order valence-corrected chi connectivity index (χ0v) is 7.90. The first-order valence-electron chi connectivity index (χ1n) is 4.72. The molecule has 1 rings (SSSR count). The monoisotopic (exact) mass is 184 g/mol. The molecule has 13 heavy (non-hydrogen) atoms. The van der Waals surface area contributed by atoms with Gasteiger partial charge in [-0.1, -0.05) is 12.5 Å². The summed E-state index contributed by atoms with van der Waals surface area (Å²) >= 11 is 0. The van der Waals surface area contributed by atoms with Crippen LogP contribution in [0.1, 0.15) is 32.6 Å². The minimum Gasteiger partial charge on any atom is -0.458 e. The molecule has 3 nitrogen and oxygen atoms in total. The largest absolute Gasteiger partial charge is 0.458 e. The summed E-state index contributed by atoms with van der Waals surface area (Å²) in [5, 5.41) is 9.34. The third-order valence-electron chi connectivity index (χ3n) is 2.10. The maximum atomic E-state index is 10.7. The fourth-order valence-corrected chi connectivity index (χ4v) is 1.46. The van der Waals surface area contributed by atoms with E-state index in [1.165, 1.54) is 6.92 Å². The lowest BCUT2D eigenvalue weighted by atomic mass is 10.0. The lowest BCUT2D eigenvalue weighted by Gasteiger charge is -2.16. The molecule has 0 heterocycles. The molecule has 0 spiro atoms. The molecule has 0 radical (unpaired) electrons. The predicted molar refractivity (Wildman–Crippen MR) is 49.2 cm³/mol. The third kappa shape index (κ3) is 4.08. The molecular weight excluding hydrogens is 168 g/mol. The Kier molecular flexibility index (Phi) is 3.96. The Bertz CT molecular complexity index is 198. The third-order valence-corrected chi connectivity index (χ3v) is 2.10. The van der Waals surface area contributed by atoms with Crippen LogP contribution in [0.4, 0.5) is 0 Å². The lowest BCUT2D eigenvalue weighted by molar-refractivity contribution is -0.144. The number of hydrogen-bond donors (Lipinski definition) is 1. The summed E-state index contributed by atoms with van der Waals surface area (Å²) in [7, 11) is 0. The topological polar surface area (TPSA) is 46.5 Å². The van der Waals surface area contributed by atoms with Crippen molar-refractivity contribution in [1.29, 1.82) is 0 Å². The summed E-state index contributed by atoms with van der Waals surface area (Å²) in [6.07, 6.45) is 6.64. The minimum atomic E-state index is -0.377. The van der Waals surface area contributed by atoms with Gasteiger partial charge in [-0.3, -0.25) is 4.79 Å². The summed E-state index contributed by atoms with van der Waals surface area (Å²) < 4.78 is 5.04. The molecule has 0 amide bonds. The number of carbonyl (C=O) groups is 1. The van der Waals surface area contributed by atoms with E-state index in [9.17, 15) is 9.90 Å². The molecule has 0 bridgehead atoms. The van der Waals surface area contributed by atoms with Crippen molar-refractivity contribution in [3.8, 4) is 0 Å². The Hall–Kier alpha value is -0.830. The van der Waals surface area contributed by atoms with Crippen LogP contribution >= 0.6 is 0 Å². The smallest absolute Gasteiger partial charge is 0.303 e. The van der Waals surface area contributed by atoms with Gasteiger partial charge in [0.15, 0.2) is 0 Å². The van der Waals surface area contributed by atoms with Gasteiger partial charge in [0, 0.05) is 6.92 Å². The Morgan fingerprint density at radius 3 is 2.77 bits per heavy atom. The van der Waals surface area contributed by atoms with Crippen LogP contribution < -0.4 is 0 Å². The van der Waals surface area contributed by atoms with Crippen LogP contribution in [0.25, 0.3) is 0 Å². The Morgan fingerprint density at radius 1 is 1.38 bits per heavy atom. The van der Waals surface area contributed by atoms with Crippen molar-refractivity contribution in [2.75, 3.05) is 0 Å². The van der Waals surface area contributed by atoms with Gasteiger partial charge in [0.1, 0.15) is 6.10 Å². The standard InChI is InChI=1S/C10H16O3/c1-8(11)13-10-5-3-2-4-9(12)6-7-10/h6-7,9-10,12H,2-5H2,1H3/b7-6+. The number of esters is 1. The predicted octanol–water partition coefficient (Wildman–Crippen LogP) is 1.41. The van der Waals surface area contributed by atoms with E-state index in [4.69, 9.17) is 4.74 Å². The van der Waals surface area contributed by atoms with Gasteiger partial charge >= 0.3 is 5.97 Å². The first-order valence-corrected chi connectivity index (χ1v) is 4.72. The van der Waals surface area contributed by atoms with Gasteiger partial charge in [0.2, 0.25) is 0 Å². The number of aliphatic hydroxyl groups is 1. The summed E-state index contributed by atoms with van der Waals surface area (Å²) in [5.41, 5.74) is 0. The highest BCUT2D eigenvalue weighted by atomic mass is 16.5. The number of rotatable bonds is 1. The van der Waals surface area contributed by atoms with Crippen molar-refractivity contribution in [2.24, 2.45) is 0 Å². The fraction of sp³-hybridized carbons (Fsp3) is 0.700. The number of aliphatic hydroxyl groups excluding tert-OH is 1. The van der Waals surface area contributed by atoms with E-state index in [2.05, 4.69) is 0 Å². The van der Waals surface area contributed by atoms with Gasteiger partial charge in [-0.05, 0) is 25.3 Å². The van der Waals surface area contributed by atoms with Crippen molar-refractivity contribution in [1.82, 2.24) is 0 Å². The average Bonchev–Trinajstić information content (AvgIpc) is 2.03. The van der Waals surface area contributed by atoms with Crippen molar-refractivity contribution < 1.29 is 14.6 Å². The van der Waals surface area contributed by atoms with Gasteiger partial charge in [-0.25, -0.2) is 0 Å². The minimum absolute atomic E-state index is 0.146. The lowest BCUT2D eigenvalue weighted by Crippen LogP contribution is -2.16. The van der Waals surface area contributed by atoms with Gasteiger partial charge in [0.05, 0.1) is 6.10 Å². The zero-order valence-electron chi connectivity index (χ0n) is 7.90. The van der Waals surface area contributed by atoms with E-state index < -0.39 is 0 Å². The molecule has 0 aromatic heterocycles. The van der Waals surface area contributed by atoms with Gasteiger partial charge in [0.25, 0.3) is 0 Å². The quantitative estimate of drug-likeness (QED) is 0.495. The Balaban J connectivity index is 2.47. The van der Waals surface area contributed by atoms with Gasteiger partial charge < -0.3 is 9.84 Å². The molecule has 0 fully saturated rings. The molecule has 2 atom stereocenters. The van der Waals surface area contributed by atoms with Crippen LogP contribution in [0.5, 0.6) is 0 Å². The SMILES string of the molecule is CC(=O)OC1/C=C/C(O)CCCC1. The molecule has 0 saturated carbocycles. The highest BCUT2D eigenvalue weighted by Crippen LogP contribution is 2.14. The average molecular weight is 184 g/mol. The maximum Gasteiger partial charge on any atom is 0.303 e. The summed E-state index contributed by atoms with van der Waals surface area (Å²) in [4.78, 5) is 10.7. The second-order valence-electron chi connectivity index (χ2n) is 3.38. The first kappa shape index (κ1) is 10.3. The summed E-state index contributed by atoms with van der Waals surface area (Å²) in [6, 6.07) is 0. The first-order chi connectivity index (χ1) is 6.18. The van der Waals surface area contributed by atoms with Crippen LogP contribution in [-0.2, 0) is 9.53 Å². The van der Waals surface area contributed by atoms with Crippen molar-refractivity contribution in [2.45, 2.75) is 44.8 Å². The highest BCUT2D eigenvalue weighted by Gasteiger charge is 2.11. The molecule has 0 aromatic rings. The number of ether oxygens (including phenoxy) is 1. The molecule has 1 N–H and O–H groups in total. The number of carbonyl (C=O) groups excluding carboxylic acids is 1. The summed E-state index contributed by atoms with van der Waals surface area (Å²) in [6.45, 7) is 1.41. The van der Waals surface area contributed by atoms with E-state index in [-0.39, 0.29) is 18.2 Å². The normalized spacial score (nSPS) is 31.5. The van der Waals surface area contributed by atoms with Crippen molar-refractivity contribution >= 4 is 5.97 Å². The molecule has 0 aliphatic heterocycles. The second kappa shape index (κ2) is 5.02. The molecular formula is C10H16O3. The molecule has 1 aliphatic rings. The van der Waals surface area contributed by atoms with Crippen LogP contribution in [0, 0.1) is 0 Å². The molecule has 0 saturated heterocycles.